The molecule has 2 nitrogen and oxygen atoms in total. The van der Waals surface area contributed by atoms with Crippen LogP contribution in [0.5, 0.6) is 0 Å². The number of hydrogen-bond acceptors (Lipinski definition) is 1. The summed E-state index contributed by atoms with van der Waals surface area (Å²) in [6, 6.07) is 19.1. The number of anilines is 1. The van der Waals surface area contributed by atoms with E-state index < -0.39 is 0 Å². The van der Waals surface area contributed by atoms with Crippen LogP contribution in [0.3, 0.4) is 0 Å². The fraction of sp³-hybridized carbons (Fsp3) is 0.368. The van der Waals surface area contributed by atoms with Gasteiger partial charge in [0, 0.05) is 16.6 Å². The Morgan fingerprint density at radius 1 is 1.00 bits per heavy atom. The largest absolute Gasteiger partial charge is 0.360 e. The van der Waals surface area contributed by atoms with E-state index in [1.807, 2.05) is 12.1 Å². The predicted octanol–water partition coefficient (Wildman–Crippen LogP) is 2.85. The van der Waals surface area contributed by atoms with Gasteiger partial charge < -0.3 is 9.80 Å². The van der Waals surface area contributed by atoms with Gasteiger partial charge in [-0.2, -0.15) is 0 Å². The van der Waals surface area contributed by atoms with Crippen molar-refractivity contribution in [2.75, 3.05) is 37.6 Å². The third kappa shape index (κ3) is 3.82. The van der Waals surface area contributed by atoms with E-state index in [2.05, 4.69) is 54.3 Å². The Bertz CT molecular complexity index is 574. The van der Waals surface area contributed by atoms with Crippen LogP contribution in [0.25, 0.3) is 0 Å². The molecule has 0 aliphatic carbocycles. The second-order valence-electron chi connectivity index (χ2n) is 6.23. The molecule has 0 radical (unpaired) electrons. The van der Waals surface area contributed by atoms with Crippen molar-refractivity contribution >= 4 is 17.3 Å². The Kier molecular flexibility index (Phi) is 5.01. The number of quaternary nitrogens is 1. The number of benzene rings is 2. The van der Waals surface area contributed by atoms with Crippen molar-refractivity contribution in [2.24, 2.45) is 0 Å². The van der Waals surface area contributed by atoms with Gasteiger partial charge in [0.2, 0.25) is 0 Å². The Morgan fingerprint density at radius 3 is 2.27 bits per heavy atom. The zero-order chi connectivity index (χ0) is 15.4. The molecule has 1 aliphatic rings. The molecule has 1 saturated heterocycles. The predicted molar refractivity (Wildman–Crippen MR) is 94.1 cm³/mol. The molecule has 3 heteroatoms. The van der Waals surface area contributed by atoms with Crippen LogP contribution in [0, 0.1) is 0 Å². The first kappa shape index (κ1) is 15.4. The first-order chi connectivity index (χ1) is 10.7. The summed E-state index contributed by atoms with van der Waals surface area (Å²) >= 11 is 5.97. The third-order valence-electron chi connectivity index (χ3n) is 4.63. The van der Waals surface area contributed by atoms with Gasteiger partial charge >= 0.3 is 0 Å². The molecule has 0 aromatic heterocycles. The standard InChI is InChI=1S/C19H23ClN2/c1-16(17-5-3-2-4-6-17)15-21-11-13-22(14-12-21)19-9-7-18(20)8-10-19/h2-10,16H,11-15H2,1H3/p+1/t16-/m1/s1. The molecule has 2 aromatic rings. The molecule has 2 aromatic carbocycles. The fourth-order valence-corrected chi connectivity index (χ4v) is 3.40. The minimum absolute atomic E-state index is 0.623. The molecule has 22 heavy (non-hydrogen) atoms. The molecule has 0 amide bonds. The third-order valence-corrected chi connectivity index (χ3v) is 4.88. The van der Waals surface area contributed by atoms with E-state index in [-0.39, 0.29) is 0 Å². The summed E-state index contributed by atoms with van der Waals surface area (Å²) in [5.41, 5.74) is 2.75. The summed E-state index contributed by atoms with van der Waals surface area (Å²) < 4.78 is 0. The average molecular weight is 316 g/mol. The van der Waals surface area contributed by atoms with Gasteiger partial charge in [-0.1, -0.05) is 48.9 Å². The van der Waals surface area contributed by atoms with Crippen LogP contribution in [0.2, 0.25) is 5.02 Å². The van der Waals surface area contributed by atoms with Crippen molar-refractivity contribution in [1.29, 1.82) is 0 Å². The molecule has 1 aliphatic heterocycles. The summed E-state index contributed by atoms with van der Waals surface area (Å²) in [6.45, 7) is 8.23. The lowest BCUT2D eigenvalue weighted by molar-refractivity contribution is -0.901. The maximum atomic E-state index is 5.97. The van der Waals surface area contributed by atoms with Gasteiger partial charge in [-0.05, 0) is 29.8 Å². The summed E-state index contributed by atoms with van der Waals surface area (Å²) in [6.07, 6.45) is 0. The molecular weight excluding hydrogens is 292 g/mol. The lowest BCUT2D eigenvalue weighted by Gasteiger charge is -2.34. The van der Waals surface area contributed by atoms with Crippen LogP contribution >= 0.6 is 11.6 Å². The molecule has 116 valence electrons. The topological polar surface area (TPSA) is 7.68 Å². The second-order valence-corrected chi connectivity index (χ2v) is 6.67. The highest BCUT2D eigenvalue weighted by Gasteiger charge is 2.22. The molecular formula is C19H24ClN2+. The number of nitrogens with one attached hydrogen (secondary N) is 1. The van der Waals surface area contributed by atoms with Crippen LogP contribution in [0.15, 0.2) is 54.6 Å². The lowest BCUT2D eigenvalue weighted by Crippen LogP contribution is -3.15. The number of piperazine rings is 1. The molecule has 0 spiro atoms. The molecule has 1 atom stereocenters. The fourth-order valence-electron chi connectivity index (χ4n) is 3.27. The zero-order valence-electron chi connectivity index (χ0n) is 13.1. The minimum atomic E-state index is 0.623. The molecule has 0 saturated carbocycles. The Labute approximate surface area is 138 Å². The molecule has 1 fully saturated rings. The van der Waals surface area contributed by atoms with Crippen molar-refractivity contribution < 1.29 is 4.90 Å². The van der Waals surface area contributed by atoms with Gasteiger partial charge in [-0.15, -0.1) is 0 Å². The van der Waals surface area contributed by atoms with E-state index in [1.54, 1.807) is 4.90 Å². The highest BCUT2D eigenvalue weighted by Crippen LogP contribution is 2.18. The van der Waals surface area contributed by atoms with Crippen LogP contribution in [0.1, 0.15) is 18.4 Å². The summed E-state index contributed by atoms with van der Waals surface area (Å²) in [5.74, 6) is 0.623. The van der Waals surface area contributed by atoms with Crippen molar-refractivity contribution in [3.05, 3.63) is 65.2 Å². The molecule has 0 unspecified atom stereocenters. The number of rotatable bonds is 4. The van der Waals surface area contributed by atoms with E-state index in [1.165, 1.54) is 30.9 Å². The van der Waals surface area contributed by atoms with Crippen molar-refractivity contribution in [2.45, 2.75) is 12.8 Å². The SMILES string of the molecule is C[C@H](C[NH+]1CCN(c2ccc(Cl)cc2)CC1)c1ccccc1. The van der Waals surface area contributed by atoms with Gasteiger partial charge in [-0.3, -0.25) is 0 Å². The molecule has 0 bridgehead atoms. The monoisotopic (exact) mass is 315 g/mol. The maximum absolute atomic E-state index is 5.97. The van der Waals surface area contributed by atoms with Crippen LogP contribution in [-0.4, -0.2) is 32.7 Å². The highest BCUT2D eigenvalue weighted by atomic mass is 35.5. The Morgan fingerprint density at radius 2 is 1.64 bits per heavy atom. The quantitative estimate of drug-likeness (QED) is 0.911. The van der Waals surface area contributed by atoms with E-state index in [4.69, 9.17) is 11.6 Å². The van der Waals surface area contributed by atoms with Crippen LogP contribution in [0.4, 0.5) is 5.69 Å². The summed E-state index contributed by atoms with van der Waals surface area (Å²) in [7, 11) is 0. The lowest BCUT2D eigenvalue weighted by atomic mass is 10.0. The molecule has 3 rings (SSSR count). The van der Waals surface area contributed by atoms with Gasteiger partial charge in [0.25, 0.3) is 0 Å². The van der Waals surface area contributed by atoms with Crippen molar-refractivity contribution in [1.82, 2.24) is 0 Å². The van der Waals surface area contributed by atoms with Gasteiger partial charge in [-0.25, -0.2) is 0 Å². The zero-order valence-corrected chi connectivity index (χ0v) is 13.9. The van der Waals surface area contributed by atoms with Crippen molar-refractivity contribution in [3.63, 3.8) is 0 Å². The van der Waals surface area contributed by atoms with E-state index >= 15 is 0 Å². The first-order valence-corrected chi connectivity index (χ1v) is 8.49. The summed E-state index contributed by atoms with van der Waals surface area (Å²) in [5, 5.41) is 0.810. The maximum Gasteiger partial charge on any atom is 0.0949 e. The average Bonchev–Trinajstić information content (AvgIpc) is 2.57. The number of nitrogens with zero attached hydrogens (tertiary/aromatic N) is 1. The minimum Gasteiger partial charge on any atom is -0.360 e. The number of hydrogen-bond donors (Lipinski definition) is 1. The van der Waals surface area contributed by atoms with E-state index in [0.29, 0.717) is 5.92 Å². The van der Waals surface area contributed by atoms with Gasteiger partial charge in [0.1, 0.15) is 0 Å². The smallest absolute Gasteiger partial charge is 0.0949 e. The van der Waals surface area contributed by atoms with Crippen LogP contribution in [-0.2, 0) is 0 Å². The van der Waals surface area contributed by atoms with E-state index in [9.17, 15) is 0 Å². The summed E-state index contributed by atoms with van der Waals surface area (Å²) in [4.78, 5) is 4.18. The van der Waals surface area contributed by atoms with E-state index in [0.717, 1.165) is 18.1 Å². The van der Waals surface area contributed by atoms with Gasteiger partial charge in [0.05, 0.1) is 32.7 Å². The molecule has 1 heterocycles. The van der Waals surface area contributed by atoms with Crippen molar-refractivity contribution in [3.8, 4) is 0 Å². The normalized spacial score (nSPS) is 17.5. The Hall–Kier alpha value is -1.51. The Balaban J connectivity index is 1.52. The van der Waals surface area contributed by atoms with Crippen LogP contribution < -0.4 is 9.80 Å². The van der Waals surface area contributed by atoms with Gasteiger partial charge in [0.15, 0.2) is 0 Å². The second kappa shape index (κ2) is 7.17. The molecule has 1 N–H and O–H groups in total. The number of halogens is 1. The first-order valence-electron chi connectivity index (χ1n) is 8.11. The highest BCUT2D eigenvalue weighted by molar-refractivity contribution is 6.30.